The number of carbonyl (C=O) groups excluding carboxylic acids is 4. The summed E-state index contributed by atoms with van der Waals surface area (Å²) < 4.78 is 10.7. The van der Waals surface area contributed by atoms with Gasteiger partial charge in [0.25, 0.3) is 5.91 Å². The molecule has 1 aliphatic rings. The minimum Gasteiger partial charge on any atom is -0.461 e. The van der Waals surface area contributed by atoms with Gasteiger partial charge in [0.1, 0.15) is 18.2 Å². The number of carbonyl (C=O) groups is 4. The third-order valence-electron chi connectivity index (χ3n) is 6.13. The van der Waals surface area contributed by atoms with E-state index in [1.807, 2.05) is 50.2 Å². The van der Waals surface area contributed by atoms with E-state index >= 15 is 0 Å². The van der Waals surface area contributed by atoms with E-state index in [9.17, 15) is 19.2 Å². The molecule has 1 aromatic heterocycles. The Labute approximate surface area is 199 Å². The van der Waals surface area contributed by atoms with Crippen molar-refractivity contribution in [1.29, 1.82) is 0 Å². The summed E-state index contributed by atoms with van der Waals surface area (Å²) in [6.45, 7) is 4.20. The highest BCUT2D eigenvalue weighted by atomic mass is 16.5. The smallest absolute Gasteiger partial charge is 0.306 e. The molecule has 1 N–H and O–H groups in total. The van der Waals surface area contributed by atoms with E-state index < -0.39 is 29.5 Å². The number of fused-ring (bicyclic) bond motifs is 2. The summed E-state index contributed by atoms with van der Waals surface area (Å²) >= 11 is 0. The second kappa shape index (κ2) is 12.3. The second-order valence-corrected chi connectivity index (χ2v) is 9.12. The zero-order valence-electron chi connectivity index (χ0n) is 19.7. The van der Waals surface area contributed by atoms with Gasteiger partial charge in [-0.05, 0) is 30.7 Å². The molecule has 8 heteroatoms. The molecule has 2 aromatic rings. The molecule has 3 rings (SSSR count). The molecule has 0 saturated heterocycles. The number of ketones is 2. The second-order valence-electron chi connectivity index (χ2n) is 9.12. The Hall–Kier alpha value is -3.29. The fraction of sp³-hybridized carbons (Fsp3) is 0.500. The predicted octanol–water partition coefficient (Wildman–Crippen LogP) is 3.22. The molecule has 1 aromatic carbocycles. The van der Waals surface area contributed by atoms with Gasteiger partial charge in [-0.1, -0.05) is 49.3 Å². The van der Waals surface area contributed by atoms with Crippen LogP contribution in [0.15, 0.2) is 40.9 Å². The molecule has 0 fully saturated rings. The van der Waals surface area contributed by atoms with Crippen molar-refractivity contribution in [2.75, 3.05) is 6.54 Å². The van der Waals surface area contributed by atoms with Crippen molar-refractivity contribution in [2.24, 2.45) is 17.8 Å². The van der Waals surface area contributed by atoms with Crippen LogP contribution in [0.5, 0.6) is 0 Å². The van der Waals surface area contributed by atoms with Crippen LogP contribution in [0.2, 0.25) is 0 Å². The van der Waals surface area contributed by atoms with E-state index in [-0.39, 0.29) is 31.1 Å². The third kappa shape index (κ3) is 7.37. The van der Waals surface area contributed by atoms with E-state index in [2.05, 4.69) is 10.5 Å². The third-order valence-corrected chi connectivity index (χ3v) is 6.13. The maximum absolute atomic E-state index is 13.2. The van der Waals surface area contributed by atoms with E-state index in [4.69, 9.17) is 9.26 Å². The normalized spacial score (nSPS) is 17.9. The predicted molar refractivity (Wildman–Crippen MR) is 123 cm³/mol. The quantitative estimate of drug-likeness (QED) is 0.467. The number of aryl methyl sites for hydroxylation is 2. The SMILES string of the molecule is CC(C)C(CC(=O)OCc1ccccc1)C(=O)CC1CCc2cc(on2)CCCNC(=O)C1=O. The van der Waals surface area contributed by atoms with E-state index in [0.29, 0.717) is 37.9 Å². The molecule has 0 saturated carbocycles. The van der Waals surface area contributed by atoms with Crippen LogP contribution in [0.3, 0.4) is 0 Å². The molecular formula is C26H32N2O6. The number of hydrogen-bond donors (Lipinski definition) is 1. The average molecular weight is 469 g/mol. The number of nitrogens with one attached hydrogen (secondary N) is 1. The number of benzene rings is 1. The summed E-state index contributed by atoms with van der Waals surface area (Å²) in [5.74, 6) is -2.73. The Morgan fingerprint density at radius 3 is 2.68 bits per heavy atom. The molecule has 0 spiro atoms. The van der Waals surface area contributed by atoms with Crippen LogP contribution >= 0.6 is 0 Å². The van der Waals surface area contributed by atoms with Gasteiger partial charge in [-0.3, -0.25) is 19.2 Å². The van der Waals surface area contributed by atoms with Crippen LogP contribution in [0.4, 0.5) is 0 Å². The highest BCUT2D eigenvalue weighted by Crippen LogP contribution is 2.24. The molecule has 2 heterocycles. The number of esters is 1. The van der Waals surface area contributed by atoms with E-state index in [0.717, 1.165) is 11.3 Å². The number of nitrogens with zero attached hydrogens (tertiary/aromatic N) is 1. The average Bonchev–Trinajstić information content (AvgIpc) is 3.28. The van der Waals surface area contributed by atoms with Gasteiger partial charge in [0.2, 0.25) is 5.78 Å². The standard InChI is InChI=1S/C26H32N2O6/c1-17(2)22(15-24(30)33-16-18-7-4-3-5-8-18)23(29)13-19-10-11-20-14-21(34-28-20)9-6-12-27-26(32)25(19)31/h3-5,7-8,14,17,19,22H,6,9-13,15-16H2,1-2H3,(H,27,32). The molecule has 0 radical (unpaired) electrons. The highest BCUT2D eigenvalue weighted by molar-refractivity contribution is 6.37. The maximum atomic E-state index is 13.2. The van der Waals surface area contributed by atoms with Gasteiger partial charge in [0.15, 0.2) is 0 Å². The Kier molecular flexibility index (Phi) is 9.13. The number of amides is 1. The number of rotatable bonds is 8. The lowest BCUT2D eigenvalue weighted by Crippen LogP contribution is -2.38. The van der Waals surface area contributed by atoms with Crippen molar-refractivity contribution in [3.8, 4) is 0 Å². The zero-order chi connectivity index (χ0) is 24.5. The first kappa shape index (κ1) is 25.3. The van der Waals surface area contributed by atoms with Crippen molar-refractivity contribution in [3.05, 3.63) is 53.4 Å². The van der Waals surface area contributed by atoms with Gasteiger partial charge in [-0.15, -0.1) is 0 Å². The number of hydrogen-bond acceptors (Lipinski definition) is 7. The summed E-state index contributed by atoms with van der Waals surface area (Å²) in [4.78, 5) is 50.8. The lowest BCUT2D eigenvalue weighted by atomic mass is 9.82. The maximum Gasteiger partial charge on any atom is 0.306 e. The van der Waals surface area contributed by atoms with Gasteiger partial charge < -0.3 is 14.6 Å². The van der Waals surface area contributed by atoms with Crippen molar-refractivity contribution in [1.82, 2.24) is 10.5 Å². The van der Waals surface area contributed by atoms with E-state index in [1.54, 1.807) is 0 Å². The first-order valence-corrected chi connectivity index (χ1v) is 11.8. The largest absolute Gasteiger partial charge is 0.461 e. The number of Topliss-reactive ketones (excluding diaryl/α,β-unsaturated/α-hetero) is 2. The Bertz CT molecular complexity index is 998. The molecular weight excluding hydrogens is 436 g/mol. The molecule has 0 aliphatic carbocycles. The molecule has 182 valence electrons. The Morgan fingerprint density at radius 1 is 1.18 bits per heavy atom. The fourth-order valence-corrected chi connectivity index (χ4v) is 4.07. The van der Waals surface area contributed by atoms with Crippen molar-refractivity contribution < 1.29 is 28.4 Å². The number of ether oxygens (including phenoxy) is 1. The minimum absolute atomic E-state index is 0.0664. The Balaban J connectivity index is 1.64. The lowest BCUT2D eigenvalue weighted by molar-refractivity contribution is -0.149. The minimum atomic E-state index is -0.784. The molecule has 8 nitrogen and oxygen atoms in total. The Morgan fingerprint density at radius 2 is 1.94 bits per heavy atom. The van der Waals surface area contributed by atoms with Crippen LogP contribution in [0.1, 0.15) is 56.5 Å². The summed E-state index contributed by atoms with van der Waals surface area (Å²) in [6.07, 6.45) is 1.80. The van der Waals surface area contributed by atoms with Crippen LogP contribution in [0.25, 0.3) is 0 Å². The van der Waals surface area contributed by atoms with Gasteiger partial charge in [0, 0.05) is 37.3 Å². The summed E-state index contributed by atoms with van der Waals surface area (Å²) in [6, 6.07) is 11.2. The molecule has 1 amide bonds. The van der Waals surface area contributed by atoms with Crippen LogP contribution in [-0.4, -0.2) is 35.1 Å². The van der Waals surface area contributed by atoms with Gasteiger partial charge in [-0.25, -0.2) is 0 Å². The lowest BCUT2D eigenvalue weighted by Gasteiger charge is -2.22. The first-order chi connectivity index (χ1) is 16.3. The molecule has 34 heavy (non-hydrogen) atoms. The van der Waals surface area contributed by atoms with Gasteiger partial charge in [0.05, 0.1) is 12.1 Å². The van der Waals surface area contributed by atoms with Gasteiger partial charge >= 0.3 is 5.97 Å². The van der Waals surface area contributed by atoms with Crippen LogP contribution in [-0.2, 0) is 43.4 Å². The molecule has 1 aliphatic heterocycles. The zero-order valence-corrected chi connectivity index (χ0v) is 19.7. The molecule has 2 unspecified atom stereocenters. The first-order valence-electron chi connectivity index (χ1n) is 11.8. The number of aromatic nitrogens is 1. The van der Waals surface area contributed by atoms with Crippen LogP contribution in [0, 0.1) is 17.8 Å². The van der Waals surface area contributed by atoms with Gasteiger partial charge in [-0.2, -0.15) is 0 Å². The highest BCUT2D eigenvalue weighted by Gasteiger charge is 2.33. The van der Waals surface area contributed by atoms with E-state index in [1.165, 1.54) is 0 Å². The summed E-state index contributed by atoms with van der Waals surface area (Å²) in [5.41, 5.74) is 1.57. The van der Waals surface area contributed by atoms with Crippen LogP contribution < -0.4 is 5.32 Å². The van der Waals surface area contributed by atoms with Crippen molar-refractivity contribution in [2.45, 2.75) is 59.0 Å². The molecule has 2 bridgehead atoms. The van der Waals surface area contributed by atoms with Crippen molar-refractivity contribution in [3.63, 3.8) is 0 Å². The fourth-order valence-electron chi connectivity index (χ4n) is 4.07. The van der Waals surface area contributed by atoms with Crippen molar-refractivity contribution >= 4 is 23.4 Å². The monoisotopic (exact) mass is 468 g/mol. The summed E-state index contributed by atoms with van der Waals surface area (Å²) in [7, 11) is 0. The topological polar surface area (TPSA) is 116 Å². The molecule has 2 atom stereocenters. The summed E-state index contributed by atoms with van der Waals surface area (Å²) in [5, 5.41) is 6.66.